The lowest BCUT2D eigenvalue weighted by Crippen LogP contribution is -2.07. The number of ether oxygens (including phenoxy) is 2. The van der Waals surface area contributed by atoms with Gasteiger partial charge in [-0.05, 0) is 25.1 Å². The number of fused-ring (bicyclic) bond motifs is 1. The Morgan fingerprint density at radius 3 is 2.32 bits per heavy atom. The molecule has 2 aromatic rings. The highest BCUT2D eigenvalue weighted by Gasteiger charge is 2.16. The summed E-state index contributed by atoms with van der Waals surface area (Å²) < 4.78 is 10.5. The van der Waals surface area contributed by atoms with Crippen LogP contribution in [0.15, 0.2) is 30.3 Å². The minimum atomic E-state index is -0.460. The van der Waals surface area contributed by atoms with E-state index in [1.807, 2.05) is 6.07 Å². The molecule has 4 heteroatoms. The Kier molecular flexibility index (Phi) is 3.51. The zero-order valence-corrected chi connectivity index (χ0v) is 11.0. The number of esters is 1. The van der Waals surface area contributed by atoms with Gasteiger partial charge in [0.25, 0.3) is 0 Å². The number of rotatable bonds is 3. The van der Waals surface area contributed by atoms with Crippen molar-refractivity contribution in [2.24, 2.45) is 0 Å². The molecule has 0 aromatic heterocycles. The third-order valence-electron chi connectivity index (χ3n) is 2.82. The van der Waals surface area contributed by atoms with E-state index in [-0.39, 0.29) is 11.5 Å². The van der Waals surface area contributed by atoms with Crippen molar-refractivity contribution >= 4 is 22.5 Å². The van der Waals surface area contributed by atoms with Gasteiger partial charge in [-0.15, -0.1) is 0 Å². The fourth-order valence-electron chi connectivity index (χ4n) is 2.01. The molecule has 0 fully saturated rings. The Morgan fingerprint density at radius 1 is 1.00 bits per heavy atom. The first-order valence-corrected chi connectivity index (χ1v) is 5.83. The van der Waals surface area contributed by atoms with Crippen LogP contribution >= 0.6 is 0 Å². The average Bonchev–Trinajstić information content (AvgIpc) is 2.37. The second-order valence-electron chi connectivity index (χ2n) is 4.15. The van der Waals surface area contributed by atoms with Gasteiger partial charge >= 0.3 is 5.97 Å². The van der Waals surface area contributed by atoms with Crippen LogP contribution in [0.5, 0.6) is 11.5 Å². The van der Waals surface area contributed by atoms with Gasteiger partial charge in [-0.1, -0.05) is 12.1 Å². The van der Waals surface area contributed by atoms with Crippen LogP contribution in [0.4, 0.5) is 0 Å². The molecule has 0 aliphatic heterocycles. The minimum absolute atomic E-state index is 0.152. The number of Topliss-reactive ketones (excluding diaryl/α,β-unsaturated/α-hetero) is 1. The van der Waals surface area contributed by atoms with Crippen LogP contribution in [0.2, 0.25) is 0 Å². The predicted octanol–water partition coefficient (Wildman–Crippen LogP) is 2.98. The maximum absolute atomic E-state index is 11.6. The molecule has 2 aromatic carbocycles. The molecular formula is C15H14O4. The Morgan fingerprint density at radius 2 is 1.74 bits per heavy atom. The number of ketones is 1. The fraction of sp³-hybridized carbons (Fsp3) is 0.200. The highest BCUT2D eigenvalue weighted by Crippen LogP contribution is 2.35. The van der Waals surface area contributed by atoms with Gasteiger partial charge in [0.05, 0.1) is 12.7 Å². The van der Waals surface area contributed by atoms with Crippen molar-refractivity contribution in [1.82, 2.24) is 0 Å². The zero-order valence-electron chi connectivity index (χ0n) is 11.0. The molecule has 0 aliphatic rings. The highest BCUT2D eigenvalue weighted by molar-refractivity contribution is 6.06. The largest absolute Gasteiger partial charge is 0.496 e. The molecule has 0 atom stereocenters. The van der Waals surface area contributed by atoms with Gasteiger partial charge in [0.1, 0.15) is 11.5 Å². The highest BCUT2D eigenvalue weighted by atomic mass is 16.5. The third-order valence-corrected chi connectivity index (χ3v) is 2.82. The van der Waals surface area contributed by atoms with Crippen LogP contribution in [-0.4, -0.2) is 18.9 Å². The number of carbonyl (C=O) groups is 2. The fourth-order valence-corrected chi connectivity index (χ4v) is 2.01. The van der Waals surface area contributed by atoms with Gasteiger partial charge in [0.15, 0.2) is 5.78 Å². The zero-order chi connectivity index (χ0) is 14.0. The van der Waals surface area contributed by atoms with Crippen molar-refractivity contribution in [1.29, 1.82) is 0 Å². The van der Waals surface area contributed by atoms with E-state index in [1.165, 1.54) is 13.8 Å². The SMILES string of the molecule is COc1cccc2c(OC(C)=O)c(C(C)=O)ccc12. The summed E-state index contributed by atoms with van der Waals surface area (Å²) in [6.07, 6.45) is 0. The summed E-state index contributed by atoms with van der Waals surface area (Å²) in [5.41, 5.74) is 0.385. The first-order chi connectivity index (χ1) is 9.04. The summed E-state index contributed by atoms with van der Waals surface area (Å²) in [5.74, 6) is 0.344. The molecule has 98 valence electrons. The Balaban J connectivity index is 2.79. The summed E-state index contributed by atoms with van der Waals surface area (Å²) in [4.78, 5) is 22.8. The summed E-state index contributed by atoms with van der Waals surface area (Å²) in [5, 5.41) is 1.48. The first-order valence-electron chi connectivity index (χ1n) is 5.83. The maximum atomic E-state index is 11.6. The summed E-state index contributed by atoms with van der Waals surface area (Å²) in [6.45, 7) is 2.75. The van der Waals surface area contributed by atoms with Crippen LogP contribution < -0.4 is 9.47 Å². The molecule has 19 heavy (non-hydrogen) atoms. The normalized spacial score (nSPS) is 10.3. The molecule has 0 amide bonds. The molecule has 0 unspecified atom stereocenters. The molecule has 0 aliphatic carbocycles. The van der Waals surface area contributed by atoms with Crippen molar-refractivity contribution in [2.45, 2.75) is 13.8 Å². The topological polar surface area (TPSA) is 52.6 Å². The number of hydrogen-bond acceptors (Lipinski definition) is 4. The summed E-state index contributed by atoms with van der Waals surface area (Å²) >= 11 is 0. The summed E-state index contributed by atoms with van der Waals surface area (Å²) in [7, 11) is 1.57. The Hall–Kier alpha value is -2.36. The number of methoxy groups -OCH3 is 1. The van der Waals surface area contributed by atoms with Gasteiger partial charge in [0, 0.05) is 17.7 Å². The van der Waals surface area contributed by atoms with E-state index in [2.05, 4.69) is 0 Å². The third kappa shape index (κ3) is 2.42. The van der Waals surface area contributed by atoms with Crippen LogP contribution in [-0.2, 0) is 4.79 Å². The van der Waals surface area contributed by atoms with Crippen molar-refractivity contribution < 1.29 is 19.1 Å². The van der Waals surface area contributed by atoms with Crippen LogP contribution in [0, 0.1) is 0 Å². The Labute approximate surface area is 110 Å². The van der Waals surface area contributed by atoms with E-state index in [4.69, 9.17) is 9.47 Å². The quantitative estimate of drug-likeness (QED) is 0.482. The molecular weight excluding hydrogens is 244 g/mol. The number of hydrogen-bond donors (Lipinski definition) is 0. The second-order valence-corrected chi connectivity index (χ2v) is 4.15. The first kappa shape index (κ1) is 13.1. The molecule has 0 heterocycles. The van der Waals surface area contributed by atoms with E-state index in [9.17, 15) is 9.59 Å². The standard InChI is InChI=1S/C15H14O4/c1-9(16)11-7-8-12-13(15(11)19-10(2)17)5-4-6-14(12)18-3/h4-8H,1-3H3. The van der Waals surface area contributed by atoms with Gasteiger partial charge in [-0.25, -0.2) is 0 Å². The van der Waals surface area contributed by atoms with Gasteiger partial charge in [-0.2, -0.15) is 0 Å². The average molecular weight is 258 g/mol. The van der Waals surface area contributed by atoms with E-state index in [1.54, 1.807) is 31.4 Å². The molecule has 0 bridgehead atoms. The molecule has 0 saturated heterocycles. The minimum Gasteiger partial charge on any atom is -0.496 e. The lowest BCUT2D eigenvalue weighted by molar-refractivity contribution is -0.131. The molecule has 4 nitrogen and oxygen atoms in total. The van der Waals surface area contributed by atoms with Gasteiger partial charge < -0.3 is 9.47 Å². The van der Waals surface area contributed by atoms with E-state index < -0.39 is 5.97 Å². The number of carbonyl (C=O) groups excluding carboxylic acids is 2. The van der Waals surface area contributed by atoms with Crippen molar-refractivity contribution in [3.05, 3.63) is 35.9 Å². The van der Waals surface area contributed by atoms with Crippen molar-refractivity contribution in [3.63, 3.8) is 0 Å². The van der Waals surface area contributed by atoms with E-state index in [0.717, 1.165) is 5.39 Å². The monoisotopic (exact) mass is 258 g/mol. The van der Waals surface area contributed by atoms with E-state index in [0.29, 0.717) is 16.7 Å². The molecule has 0 N–H and O–H groups in total. The van der Waals surface area contributed by atoms with Gasteiger partial charge in [-0.3, -0.25) is 9.59 Å². The lowest BCUT2D eigenvalue weighted by Gasteiger charge is -2.12. The molecule has 0 saturated carbocycles. The maximum Gasteiger partial charge on any atom is 0.308 e. The molecule has 0 radical (unpaired) electrons. The van der Waals surface area contributed by atoms with Crippen LogP contribution in [0.3, 0.4) is 0 Å². The van der Waals surface area contributed by atoms with Crippen LogP contribution in [0.1, 0.15) is 24.2 Å². The molecule has 0 spiro atoms. The van der Waals surface area contributed by atoms with Crippen LogP contribution in [0.25, 0.3) is 10.8 Å². The van der Waals surface area contributed by atoms with Crippen molar-refractivity contribution in [3.8, 4) is 11.5 Å². The van der Waals surface area contributed by atoms with Gasteiger partial charge in [0.2, 0.25) is 0 Å². The Bertz CT molecular complexity index is 658. The predicted molar refractivity (Wildman–Crippen MR) is 71.8 cm³/mol. The smallest absolute Gasteiger partial charge is 0.308 e. The molecule has 2 rings (SSSR count). The second kappa shape index (κ2) is 5.10. The lowest BCUT2D eigenvalue weighted by atomic mass is 10.0. The van der Waals surface area contributed by atoms with E-state index >= 15 is 0 Å². The number of benzene rings is 2. The van der Waals surface area contributed by atoms with Crippen molar-refractivity contribution in [2.75, 3.05) is 7.11 Å². The summed E-state index contributed by atoms with van der Waals surface area (Å²) in [6, 6.07) is 8.83.